The number of alkyl halides is 1. The number of amides is 2. The van der Waals surface area contributed by atoms with Crippen LogP contribution in [0, 0.1) is 11.3 Å². The van der Waals surface area contributed by atoms with E-state index in [1.165, 1.54) is 0 Å². The van der Waals surface area contributed by atoms with Crippen LogP contribution in [-0.4, -0.2) is 39.1 Å². The smallest absolute Gasteiger partial charge is 0.243 e. The molecule has 2 unspecified atom stereocenters. The number of nitrogen functional groups attached to an aromatic ring is 1. The molecule has 1 aliphatic rings. The van der Waals surface area contributed by atoms with Gasteiger partial charge in [0, 0.05) is 24.1 Å². The molecular formula is C23H35IN4O2. The summed E-state index contributed by atoms with van der Waals surface area (Å²) in [7, 11) is 0. The molecule has 0 bridgehead atoms. The zero-order valence-electron chi connectivity index (χ0n) is 18.1. The summed E-state index contributed by atoms with van der Waals surface area (Å²) in [6, 6.07) is 7.09. The Labute approximate surface area is 194 Å². The number of unbranched alkanes of at least 4 members (excludes halogenated alkanes) is 1. The first kappa shape index (κ1) is 24.6. The highest BCUT2D eigenvalue weighted by Crippen LogP contribution is 2.30. The monoisotopic (exact) mass is 526 g/mol. The average molecular weight is 526 g/mol. The quantitative estimate of drug-likeness (QED) is 0.176. The van der Waals surface area contributed by atoms with Crippen molar-refractivity contribution in [2.45, 2.75) is 77.4 Å². The van der Waals surface area contributed by atoms with E-state index in [4.69, 9.17) is 11.1 Å². The van der Waals surface area contributed by atoms with Gasteiger partial charge in [0.1, 0.15) is 11.9 Å². The zero-order chi connectivity index (χ0) is 22.1. The number of nitrogens with zero attached hydrogens (tertiary/aromatic N) is 1. The first-order valence-corrected chi connectivity index (χ1v) is 12.5. The molecule has 1 fully saturated rings. The lowest BCUT2D eigenvalue weighted by atomic mass is 10.0. The highest BCUT2D eigenvalue weighted by molar-refractivity contribution is 14.1. The molecule has 166 valence electrons. The Hall–Kier alpha value is -1.64. The number of hydrogen-bond acceptors (Lipinski definition) is 3. The maximum absolute atomic E-state index is 13.2. The van der Waals surface area contributed by atoms with Crippen LogP contribution in [0.3, 0.4) is 0 Å². The summed E-state index contributed by atoms with van der Waals surface area (Å²) in [6.45, 7) is 4.53. The van der Waals surface area contributed by atoms with Gasteiger partial charge in [0.2, 0.25) is 11.8 Å². The van der Waals surface area contributed by atoms with E-state index in [-0.39, 0.29) is 35.7 Å². The third-order valence-corrected chi connectivity index (χ3v) is 6.64. The minimum absolute atomic E-state index is 0.0282. The SMILES string of the molecule is CCCC[C@@H](C)C(=O)N1C(CCCI)CCC1C(=O)NCc1ccc(C(=N)N)cc1. The normalized spacial score (nSPS) is 19.5. The largest absolute Gasteiger partial charge is 0.384 e. The van der Waals surface area contributed by atoms with Gasteiger partial charge in [-0.25, -0.2) is 0 Å². The summed E-state index contributed by atoms with van der Waals surface area (Å²) in [5, 5.41) is 10.5. The molecule has 1 aromatic rings. The summed E-state index contributed by atoms with van der Waals surface area (Å²) in [5.74, 6) is 0.0454. The predicted molar refractivity (Wildman–Crippen MR) is 130 cm³/mol. The molecule has 2 amide bonds. The molecule has 30 heavy (non-hydrogen) atoms. The minimum atomic E-state index is -0.378. The van der Waals surface area contributed by atoms with Crippen LogP contribution in [0.25, 0.3) is 0 Å². The maximum Gasteiger partial charge on any atom is 0.243 e. The fourth-order valence-corrected chi connectivity index (χ4v) is 4.51. The van der Waals surface area contributed by atoms with E-state index in [0.29, 0.717) is 12.1 Å². The number of hydrogen-bond donors (Lipinski definition) is 3. The Bertz CT molecular complexity index is 722. The Kier molecular flexibility index (Phi) is 10.1. The zero-order valence-corrected chi connectivity index (χ0v) is 20.3. The second-order valence-electron chi connectivity index (χ2n) is 8.20. The van der Waals surface area contributed by atoms with Crippen molar-refractivity contribution >= 4 is 40.2 Å². The molecule has 4 N–H and O–H groups in total. The molecule has 0 radical (unpaired) electrons. The minimum Gasteiger partial charge on any atom is -0.384 e. The van der Waals surface area contributed by atoms with Gasteiger partial charge < -0.3 is 16.0 Å². The molecule has 1 heterocycles. The van der Waals surface area contributed by atoms with Crippen molar-refractivity contribution in [3.8, 4) is 0 Å². The third-order valence-electron chi connectivity index (χ3n) is 5.87. The number of carbonyl (C=O) groups excluding carboxylic acids is 2. The van der Waals surface area contributed by atoms with E-state index in [1.807, 2.05) is 24.0 Å². The van der Waals surface area contributed by atoms with Crippen molar-refractivity contribution in [3.63, 3.8) is 0 Å². The summed E-state index contributed by atoms with van der Waals surface area (Å²) in [5.41, 5.74) is 7.10. The van der Waals surface area contributed by atoms with E-state index < -0.39 is 0 Å². The van der Waals surface area contributed by atoms with Crippen LogP contribution in [-0.2, 0) is 16.1 Å². The number of halogens is 1. The molecule has 0 aromatic heterocycles. The molecule has 2 rings (SSSR count). The van der Waals surface area contributed by atoms with E-state index in [1.54, 1.807) is 12.1 Å². The van der Waals surface area contributed by atoms with Crippen LogP contribution in [0.2, 0.25) is 0 Å². The van der Waals surface area contributed by atoms with Crippen molar-refractivity contribution < 1.29 is 9.59 Å². The first-order chi connectivity index (χ1) is 14.4. The lowest BCUT2D eigenvalue weighted by molar-refractivity contribution is -0.143. The van der Waals surface area contributed by atoms with Crippen LogP contribution >= 0.6 is 22.6 Å². The van der Waals surface area contributed by atoms with E-state index in [0.717, 1.165) is 54.9 Å². The van der Waals surface area contributed by atoms with Gasteiger partial charge in [0.05, 0.1) is 0 Å². The van der Waals surface area contributed by atoms with Gasteiger partial charge >= 0.3 is 0 Å². The molecule has 1 aromatic carbocycles. The van der Waals surface area contributed by atoms with Crippen molar-refractivity contribution in [2.75, 3.05) is 4.43 Å². The summed E-state index contributed by atoms with van der Waals surface area (Å²) >= 11 is 2.37. The molecule has 0 aliphatic carbocycles. The Balaban J connectivity index is 2.04. The highest BCUT2D eigenvalue weighted by Gasteiger charge is 2.41. The summed E-state index contributed by atoms with van der Waals surface area (Å²) in [4.78, 5) is 28.1. The molecule has 3 atom stereocenters. The standard InChI is InChI=1S/C23H35IN4O2/c1-3-4-6-16(2)23(30)28-19(7-5-14-24)12-13-20(28)22(29)27-15-17-8-10-18(11-9-17)21(25)26/h8-11,16,19-20H,3-7,12-15H2,1-2H3,(H3,25,26)(H,27,29)/t16-,19?,20?/m1/s1. The van der Waals surface area contributed by atoms with Crippen molar-refractivity contribution in [3.05, 3.63) is 35.4 Å². The molecule has 0 spiro atoms. The van der Waals surface area contributed by atoms with Crippen LogP contribution in [0.1, 0.15) is 69.9 Å². The van der Waals surface area contributed by atoms with Crippen LogP contribution in [0.4, 0.5) is 0 Å². The Morgan fingerprint density at radius 2 is 1.97 bits per heavy atom. The second kappa shape index (κ2) is 12.3. The number of nitrogens with two attached hydrogens (primary N) is 1. The number of rotatable bonds is 11. The number of benzene rings is 1. The van der Waals surface area contributed by atoms with E-state index in [2.05, 4.69) is 34.8 Å². The first-order valence-electron chi connectivity index (χ1n) is 11.0. The lowest BCUT2D eigenvalue weighted by Crippen LogP contribution is -2.50. The Morgan fingerprint density at radius 1 is 1.27 bits per heavy atom. The van der Waals surface area contributed by atoms with Gasteiger partial charge in [0.15, 0.2) is 0 Å². The van der Waals surface area contributed by atoms with Gasteiger partial charge in [-0.3, -0.25) is 15.0 Å². The molecule has 6 nitrogen and oxygen atoms in total. The molecule has 7 heteroatoms. The van der Waals surface area contributed by atoms with Crippen molar-refractivity contribution in [1.29, 1.82) is 5.41 Å². The number of nitrogens with one attached hydrogen (secondary N) is 2. The fourth-order valence-electron chi connectivity index (χ4n) is 4.07. The number of carbonyl (C=O) groups is 2. The van der Waals surface area contributed by atoms with Crippen molar-refractivity contribution in [2.24, 2.45) is 11.7 Å². The van der Waals surface area contributed by atoms with Gasteiger partial charge in [-0.15, -0.1) is 0 Å². The maximum atomic E-state index is 13.2. The van der Waals surface area contributed by atoms with Gasteiger partial charge in [-0.1, -0.05) is 73.5 Å². The highest BCUT2D eigenvalue weighted by atomic mass is 127. The van der Waals surface area contributed by atoms with Gasteiger partial charge in [0.25, 0.3) is 0 Å². The van der Waals surface area contributed by atoms with Crippen LogP contribution in [0.5, 0.6) is 0 Å². The van der Waals surface area contributed by atoms with Crippen molar-refractivity contribution in [1.82, 2.24) is 10.2 Å². The Morgan fingerprint density at radius 3 is 2.57 bits per heavy atom. The molecular weight excluding hydrogens is 491 g/mol. The molecule has 1 saturated heterocycles. The summed E-state index contributed by atoms with van der Waals surface area (Å²) in [6.07, 6.45) is 6.64. The third kappa shape index (κ3) is 6.68. The molecule has 0 saturated carbocycles. The van der Waals surface area contributed by atoms with Gasteiger partial charge in [-0.05, 0) is 42.1 Å². The van der Waals surface area contributed by atoms with E-state index >= 15 is 0 Å². The molecule has 1 aliphatic heterocycles. The number of amidine groups is 1. The van der Waals surface area contributed by atoms with E-state index in [9.17, 15) is 9.59 Å². The van der Waals surface area contributed by atoms with Crippen LogP contribution in [0.15, 0.2) is 24.3 Å². The summed E-state index contributed by atoms with van der Waals surface area (Å²) < 4.78 is 1.06. The van der Waals surface area contributed by atoms with Gasteiger partial charge in [-0.2, -0.15) is 0 Å². The lowest BCUT2D eigenvalue weighted by Gasteiger charge is -2.32. The fraction of sp³-hybridized carbons (Fsp3) is 0.609. The topological polar surface area (TPSA) is 99.3 Å². The number of likely N-dealkylation sites (tertiary alicyclic amines) is 1. The van der Waals surface area contributed by atoms with Crippen LogP contribution < -0.4 is 11.1 Å². The predicted octanol–water partition coefficient (Wildman–Crippen LogP) is 3.99. The second-order valence-corrected chi connectivity index (χ2v) is 9.27. The average Bonchev–Trinajstić information content (AvgIpc) is 3.17.